The van der Waals surface area contributed by atoms with Gasteiger partial charge in [0.15, 0.2) is 0 Å². The van der Waals surface area contributed by atoms with Crippen LogP contribution in [0.25, 0.3) is 0 Å². The highest BCUT2D eigenvalue weighted by Crippen LogP contribution is 2.37. The zero-order valence-corrected chi connectivity index (χ0v) is 32.8. The van der Waals surface area contributed by atoms with E-state index >= 15 is 0 Å². The summed E-state index contributed by atoms with van der Waals surface area (Å²) in [5.74, 6) is 0.526. The van der Waals surface area contributed by atoms with Crippen molar-refractivity contribution >= 4 is 86.6 Å². The molecule has 2 aromatic heterocycles. The number of piperidine rings is 2. The molecule has 2 N–H and O–H groups in total. The number of thiophene rings is 1. The molecule has 3 aromatic rings. The van der Waals surface area contributed by atoms with Gasteiger partial charge in [-0.05, 0) is 100 Å². The van der Waals surface area contributed by atoms with Crippen molar-refractivity contribution in [3.8, 4) is 0 Å². The number of carboxylic acid groups (broad SMARTS) is 1. The van der Waals surface area contributed by atoms with Crippen LogP contribution >= 0.6 is 54.8 Å². The fourth-order valence-electron chi connectivity index (χ4n) is 6.34. The van der Waals surface area contributed by atoms with Gasteiger partial charge in [0.05, 0.1) is 4.47 Å². The molecule has 1 aromatic carbocycles. The maximum atomic E-state index is 13.1. The van der Waals surface area contributed by atoms with Crippen molar-refractivity contribution in [3.63, 3.8) is 0 Å². The van der Waals surface area contributed by atoms with E-state index in [9.17, 15) is 26.7 Å². The van der Waals surface area contributed by atoms with Crippen molar-refractivity contribution in [1.82, 2.24) is 14.0 Å². The summed E-state index contributed by atoms with van der Waals surface area (Å²) in [5.41, 5.74) is 1.75. The Balaban J connectivity index is 1.07. The van der Waals surface area contributed by atoms with E-state index in [-0.39, 0.29) is 15.5 Å². The molecule has 0 aliphatic carbocycles. The highest BCUT2D eigenvalue weighted by Gasteiger charge is 2.32. The van der Waals surface area contributed by atoms with Gasteiger partial charge in [-0.15, -0.1) is 11.3 Å². The summed E-state index contributed by atoms with van der Waals surface area (Å²) >= 11 is 14.0. The highest BCUT2D eigenvalue weighted by atomic mass is 79.9. The molecule has 16 heteroatoms. The third kappa shape index (κ3) is 9.39. The first-order valence-corrected chi connectivity index (χ1v) is 21.6. The second kappa shape index (κ2) is 16.2. The second-order valence-electron chi connectivity index (χ2n) is 12.6. The molecule has 0 spiro atoms. The predicted molar refractivity (Wildman–Crippen MR) is 196 cm³/mol. The van der Waals surface area contributed by atoms with Crippen LogP contribution in [0.2, 0.25) is 4.34 Å². The molecule has 2 aliphatic rings. The molecule has 2 saturated heterocycles. The van der Waals surface area contributed by atoms with E-state index < -0.39 is 32.1 Å². The number of pyridine rings is 1. The number of aromatic nitrogens is 1. The van der Waals surface area contributed by atoms with Crippen LogP contribution in [0.5, 0.6) is 0 Å². The maximum absolute atomic E-state index is 13.1. The molecule has 262 valence electrons. The molecular weight excluding hydrogens is 828 g/mol. The first-order valence-electron chi connectivity index (χ1n) is 15.9. The van der Waals surface area contributed by atoms with E-state index in [1.807, 2.05) is 19.1 Å². The molecule has 4 heterocycles. The van der Waals surface area contributed by atoms with Gasteiger partial charge in [-0.1, -0.05) is 60.7 Å². The monoisotopic (exact) mass is 864 g/mol. The maximum Gasteiger partial charge on any atom is 0.322 e. The standard InChI is InChI=1S/C32H39Br2ClN4O6S3/c1-21-5-7-24(8-6-21)17-28(32(40)41)37-47(42,43)25-18-27(34)31(36-20-25)38-13-9-22(10-14-38)3-2-4-23-11-15-39(16-12-23)48(44,45)29-19-26(33)30(35)46-29/h5-8,18-20,22-23,28,37H,2-4,9-17H2,1H3,(H,40,41). The Morgan fingerprint density at radius 2 is 1.60 bits per heavy atom. The van der Waals surface area contributed by atoms with Gasteiger partial charge in [0.25, 0.3) is 10.0 Å². The summed E-state index contributed by atoms with van der Waals surface area (Å²) in [6.07, 6.45) is 8.36. The summed E-state index contributed by atoms with van der Waals surface area (Å²) in [5, 5.41) is 9.71. The van der Waals surface area contributed by atoms with Gasteiger partial charge in [0, 0.05) is 36.8 Å². The van der Waals surface area contributed by atoms with Crippen LogP contribution < -0.4 is 9.62 Å². The normalized spacial score (nSPS) is 17.9. The lowest BCUT2D eigenvalue weighted by Crippen LogP contribution is -2.42. The van der Waals surface area contributed by atoms with E-state index in [1.54, 1.807) is 22.5 Å². The van der Waals surface area contributed by atoms with Crippen molar-refractivity contribution in [3.05, 3.63) is 67.0 Å². The molecular formula is C32H39Br2ClN4O6S3. The Morgan fingerprint density at radius 1 is 1.00 bits per heavy atom. The van der Waals surface area contributed by atoms with Crippen LogP contribution in [-0.4, -0.2) is 69.4 Å². The van der Waals surface area contributed by atoms with Crippen molar-refractivity contribution in [2.45, 2.75) is 73.4 Å². The van der Waals surface area contributed by atoms with Gasteiger partial charge in [-0.2, -0.15) is 9.03 Å². The Kier molecular flexibility index (Phi) is 12.7. The number of hydrogen-bond acceptors (Lipinski definition) is 8. The number of anilines is 1. The molecule has 0 saturated carbocycles. The fraction of sp³-hybridized carbons (Fsp3) is 0.500. The third-order valence-corrected chi connectivity index (χ3v) is 16.0. The van der Waals surface area contributed by atoms with E-state index in [0.717, 1.165) is 80.5 Å². The third-order valence-electron chi connectivity index (χ3n) is 9.19. The molecule has 0 amide bonds. The van der Waals surface area contributed by atoms with Crippen LogP contribution in [0.4, 0.5) is 5.82 Å². The molecule has 2 fully saturated rings. The molecule has 0 bridgehead atoms. The van der Waals surface area contributed by atoms with Crippen molar-refractivity contribution in [2.24, 2.45) is 11.8 Å². The average molecular weight is 867 g/mol. The van der Waals surface area contributed by atoms with Crippen LogP contribution in [0.3, 0.4) is 0 Å². The van der Waals surface area contributed by atoms with Gasteiger partial charge < -0.3 is 10.0 Å². The SMILES string of the molecule is Cc1ccc(CC(NS(=O)(=O)c2cnc(N3CCC(CCCC4CCN(S(=O)(=O)c5cc(Br)c(Cl)s5)CC4)CC3)c(Br)c2)C(=O)O)cc1. The Bertz CT molecular complexity index is 1790. The van der Waals surface area contributed by atoms with Crippen molar-refractivity contribution in [1.29, 1.82) is 0 Å². The van der Waals surface area contributed by atoms with Gasteiger partial charge in [-0.3, -0.25) is 4.79 Å². The molecule has 1 unspecified atom stereocenters. The number of carboxylic acids is 1. The average Bonchev–Trinajstić information content (AvgIpc) is 3.40. The number of aryl methyl sites for hydroxylation is 1. The minimum atomic E-state index is -4.14. The minimum absolute atomic E-state index is 0.0184. The number of halogens is 3. The molecule has 0 radical (unpaired) electrons. The Hall–Kier alpha value is -1.59. The number of nitrogens with one attached hydrogen (secondary N) is 1. The molecule has 5 rings (SSSR count). The summed E-state index contributed by atoms with van der Waals surface area (Å²) in [6.45, 7) is 4.60. The summed E-state index contributed by atoms with van der Waals surface area (Å²) in [6, 6.07) is 9.04. The van der Waals surface area contributed by atoms with Crippen LogP contribution in [0.15, 0.2) is 60.6 Å². The quantitative estimate of drug-likeness (QED) is 0.186. The molecule has 2 aliphatic heterocycles. The van der Waals surface area contributed by atoms with Crippen molar-refractivity contribution < 1.29 is 26.7 Å². The number of carbonyl (C=O) groups is 1. The lowest BCUT2D eigenvalue weighted by Gasteiger charge is -2.34. The van der Waals surface area contributed by atoms with E-state index in [4.69, 9.17) is 11.6 Å². The summed E-state index contributed by atoms with van der Waals surface area (Å²) < 4.78 is 58.1. The van der Waals surface area contributed by atoms with Crippen LogP contribution in [-0.2, 0) is 31.3 Å². The lowest BCUT2D eigenvalue weighted by molar-refractivity contribution is -0.138. The van der Waals surface area contributed by atoms with Gasteiger partial charge in [-0.25, -0.2) is 21.8 Å². The lowest BCUT2D eigenvalue weighted by atomic mass is 9.87. The van der Waals surface area contributed by atoms with Crippen molar-refractivity contribution in [2.75, 3.05) is 31.1 Å². The smallest absolute Gasteiger partial charge is 0.322 e. The Morgan fingerprint density at radius 3 is 2.15 bits per heavy atom. The highest BCUT2D eigenvalue weighted by molar-refractivity contribution is 9.11. The first-order chi connectivity index (χ1) is 22.7. The summed E-state index contributed by atoms with van der Waals surface area (Å²) in [4.78, 5) is 18.4. The second-order valence-corrected chi connectivity index (χ2v) is 19.8. The minimum Gasteiger partial charge on any atom is -0.480 e. The number of sulfonamides is 2. The molecule has 48 heavy (non-hydrogen) atoms. The van der Waals surface area contributed by atoms with E-state index in [1.165, 1.54) is 12.3 Å². The molecule has 10 nitrogen and oxygen atoms in total. The first kappa shape index (κ1) is 37.7. The Labute approximate surface area is 308 Å². The van der Waals surface area contributed by atoms with E-state index in [2.05, 4.69) is 46.5 Å². The molecule has 1 atom stereocenters. The number of nitrogens with zero attached hydrogens (tertiary/aromatic N) is 3. The van der Waals surface area contributed by atoms with Gasteiger partial charge in [0.1, 0.15) is 25.3 Å². The van der Waals surface area contributed by atoms with Crippen LogP contribution in [0.1, 0.15) is 56.1 Å². The van der Waals surface area contributed by atoms with Gasteiger partial charge >= 0.3 is 5.97 Å². The van der Waals surface area contributed by atoms with E-state index in [0.29, 0.717) is 44.0 Å². The largest absolute Gasteiger partial charge is 0.480 e. The van der Waals surface area contributed by atoms with Gasteiger partial charge in [0.2, 0.25) is 10.0 Å². The topological polar surface area (TPSA) is 137 Å². The zero-order chi connectivity index (χ0) is 34.6. The number of hydrogen-bond donors (Lipinski definition) is 2. The number of aliphatic carboxylic acids is 1. The number of benzene rings is 1. The number of rotatable bonds is 13. The fourth-order valence-corrected chi connectivity index (χ4v) is 12.2. The predicted octanol–water partition coefficient (Wildman–Crippen LogP) is 7.09. The summed E-state index contributed by atoms with van der Waals surface area (Å²) in [7, 11) is -7.65. The zero-order valence-electron chi connectivity index (χ0n) is 26.4. The van der Waals surface area contributed by atoms with Crippen LogP contribution in [0, 0.1) is 18.8 Å².